The van der Waals surface area contributed by atoms with E-state index in [-0.39, 0.29) is 17.7 Å². The SMILES string of the molecule is CC(=O)N1CCN(C(=O)C2CCc3nc[nH]c3C2)CC1. The van der Waals surface area contributed by atoms with Crippen molar-refractivity contribution in [1.29, 1.82) is 0 Å². The highest BCUT2D eigenvalue weighted by Gasteiger charge is 2.31. The fourth-order valence-electron chi connectivity index (χ4n) is 3.11. The average molecular weight is 276 g/mol. The molecule has 1 unspecified atom stereocenters. The summed E-state index contributed by atoms with van der Waals surface area (Å²) in [5.74, 6) is 0.386. The summed E-state index contributed by atoms with van der Waals surface area (Å²) >= 11 is 0. The van der Waals surface area contributed by atoms with E-state index in [4.69, 9.17) is 0 Å². The van der Waals surface area contributed by atoms with Gasteiger partial charge in [0.25, 0.3) is 0 Å². The number of aryl methyl sites for hydroxylation is 1. The largest absolute Gasteiger partial charge is 0.348 e. The van der Waals surface area contributed by atoms with E-state index in [1.165, 1.54) is 0 Å². The summed E-state index contributed by atoms with van der Waals surface area (Å²) in [6, 6.07) is 0. The van der Waals surface area contributed by atoms with Gasteiger partial charge in [0.15, 0.2) is 0 Å². The highest BCUT2D eigenvalue weighted by atomic mass is 16.2. The summed E-state index contributed by atoms with van der Waals surface area (Å²) in [5.41, 5.74) is 2.22. The zero-order chi connectivity index (χ0) is 14.1. The number of nitrogens with one attached hydrogen (secondary N) is 1. The van der Waals surface area contributed by atoms with Crippen molar-refractivity contribution < 1.29 is 9.59 Å². The van der Waals surface area contributed by atoms with E-state index in [0.29, 0.717) is 26.2 Å². The summed E-state index contributed by atoms with van der Waals surface area (Å²) in [5, 5.41) is 0. The number of imidazole rings is 1. The molecule has 1 saturated heterocycles. The van der Waals surface area contributed by atoms with E-state index >= 15 is 0 Å². The zero-order valence-corrected chi connectivity index (χ0v) is 11.8. The number of fused-ring (bicyclic) bond motifs is 1. The third-order valence-electron chi connectivity index (χ3n) is 4.37. The van der Waals surface area contributed by atoms with Crippen molar-refractivity contribution in [1.82, 2.24) is 19.8 Å². The van der Waals surface area contributed by atoms with Crippen LogP contribution < -0.4 is 0 Å². The van der Waals surface area contributed by atoms with Crippen molar-refractivity contribution in [3.05, 3.63) is 17.7 Å². The molecule has 2 aliphatic rings. The van der Waals surface area contributed by atoms with E-state index in [2.05, 4.69) is 9.97 Å². The molecule has 2 heterocycles. The highest BCUT2D eigenvalue weighted by Crippen LogP contribution is 2.24. The van der Waals surface area contributed by atoms with Gasteiger partial charge in [0, 0.05) is 51.1 Å². The number of hydrogen-bond donors (Lipinski definition) is 1. The number of piperazine rings is 1. The number of aromatic nitrogens is 2. The third kappa shape index (κ3) is 2.42. The molecule has 1 atom stereocenters. The van der Waals surface area contributed by atoms with Crippen molar-refractivity contribution in [2.75, 3.05) is 26.2 Å². The first-order chi connectivity index (χ1) is 9.65. The molecule has 0 bridgehead atoms. The lowest BCUT2D eigenvalue weighted by Gasteiger charge is -2.36. The predicted molar refractivity (Wildman–Crippen MR) is 72.9 cm³/mol. The lowest BCUT2D eigenvalue weighted by atomic mass is 9.88. The molecule has 1 aromatic heterocycles. The number of rotatable bonds is 1. The first-order valence-corrected chi connectivity index (χ1v) is 7.20. The molecule has 20 heavy (non-hydrogen) atoms. The van der Waals surface area contributed by atoms with Gasteiger partial charge in [-0.1, -0.05) is 0 Å². The van der Waals surface area contributed by atoms with Gasteiger partial charge in [0.1, 0.15) is 0 Å². The second-order valence-corrected chi connectivity index (χ2v) is 5.60. The molecule has 1 aliphatic carbocycles. The Balaban J connectivity index is 1.59. The molecule has 108 valence electrons. The maximum Gasteiger partial charge on any atom is 0.226 e. The Labute approximate surface area is 118 Å². The van der Waals surface area contributed by atoms with E-state index in [0.717, 1.165) is 30.7 Å². The summed E-state index contributed by atoms with van der Waals surface area (Å²) in [4.78, 5) is 35.0. The first-order valence-electron chi connectivity index (χ1n) is 7.20. The Morgan fingerprint density at radius 1 is 1.25 bits per heavy atom. The number of hydrogen-bond acceptors (Lipinski definition) is 3. The molecule has 1 N–H and O–H groups in total. The number of carbonyl (C=O) groups excluding carboxylic acids is 2. The summed E-state index contributed by atoms with van der Waals surface area (Å²) in [6.45, 7) is 4.21. The average Bonchev–Trinajstić information content (AvgIpc) is 2.94. The summed E-state index contributed by atoms with van der Waals surface area (Å²) in [6.07, 6.45) is 4.23. The number of carbonyl (C=O) groups is 2. The van der Waals surface area contributed by atoms with Crippen LogP contribution in [0, 0.1) is 5.92 Å². The van der Waals surface area contributed by atoms with Gasteiger partial charge in [-0.2, -0.15) is 0 Å². The van der Waals surface area contributed by atoms with Crippen molar-refractivity contribution in [2.45, 2.75) is 26.2 Å². The maximum atomic E-state index is 12.5. The lowest BCUT2D eigenvalue weighted by molar-refractivity contribution is -0.141. The highest BCUT2D eigenvalue weighted by molar-refractivity contribution is 5.80. The monoisotopic (exact) mass is 276 g/mol. The Morgan fingerprint density at radius 3 is 2.65 bits per heavy atom. The van der Waals surface area contributed by atoms with E-state index < -0.39 is 0 Å². The van der Waals surface area contributed by atoms with Crippen LogP contribution in [0.2, 0.25) is 0 Å². The predicted octanol–water partition coefficient (Wildman–Crippen LogP) is 0.205. The second-order valence-electron chi connectivity index (χ2n) is 5.60. The first kappa shape index (κ1) is 13.1. The Hall–Kier alpha value is -1.85. The molecule has 3 rings (SSSR count). The molecule has 1 fully saturated rings. The van der Waals surface area contributed by atoms with E-state index in [9.17, 15) is 9.59 Å². The smallest absolute Gasteiger partial charge is 0.226 e. The minimum Gasteiger partial charge on any atom is -0.348 e. The minimum atomic E-state index is 0.0619. The molecular weight excluding hydrogens is 256 g/mol. The van der Waals surface area contributed by atoms with Crippen LogP contribution in [-0.2, 0) is 22.4 Å². The fraction of sp³-hybridized carbons (Fsp3) is 0.643. The van der Waals surface area contributed by atoms with E-state index in [1.807, 2.05) is 4.90 Å². The zero-order valence-electron chi connectivity index (χ0n) is 11.8. The molecule has 0 aromatic carbocycles. The summed E-state index contributed by atoms with van der Waals surface area (Å²) < 4.78 is 0. The molecule has 0 radical (unpaired) electrons. The van der Waals surface area contributed by atoms with Crippen LogP contribution in [0.15, 0.2) is 6.33 Å². The standard InChI is InChI=1S/C14H20N4O2/c1-10(19)17-4-6-18(7-5-17)14(20)11-2-3-12-13(8-11)16-9-15-12/h9,11H,2-8H2,1H3,(H,15,16). The normalized spacial score (nSPS) is 22.6. The van der Waals surface area contributed by atoms with Gasteiger partial charge in [0.05, 0.1) is 12.0 Å². The molecule has 1 aromatic rings. The molecule has 1 aliphatic heterocycles. The number of aromatic amines is 1. The van der Waals surface area contributed by atoms with Gasteiger partial charge in [0.2, 0.25) is 11.8 Å². The quantitative estimate of drug-likeness (QED) is 0.797. The van der Waals surface area contributed by atoms with E-state index in [1.54, 1.807) is 18.2 Å². The second kappa shape index (κ2) is 5.26. The molecule has 6 heteroatoms. The molecule has 2 amide bonds. The van der Waals surface area contributed by atoms with Crippen LogP contribution in [0.5, 0.6) is 0 Å². The Morgan fingerprint density at radius 2 is 1.95 bits per heavy atom. The maximum absolute atomic E-state index is 12.5. The van der Waals surface area contributed by atoms with Crippen LogP contribution in [-0.4, -0.2) is 57.8 Å². The van der Waals surface area contributed by atoms with Gasteiger partial charge < -0.3 is 14.8 Å². The third-order valence-corrected chi connectivity index (χ3v) is 4.37. The Bertz CT molecular complexity index is 517. The van der Waals surface area contributed by atoms with Gasteiger partial charge in [-0.3, -0.25) is 9.59 Å². The molecule has 0 spiro atoms. The van der Waals surface area contributed by atoms with Crippen molar-refractivity contribution in [2.24, 2.45) is 5.92 Å². The van der Waals surface area contributed by atoms with Crippen molar-refractivity contribution in [3.8, 4) is 0 Å². The fourth-order valence-corrected chi connectivity index (χ4v) is 3.11. The van der Waals surface area contributed by atoms with Crippen molar-refractivity contribution in [3.63, 3.8) is 0 Å². The van der Waals surface area contributed by atoms with Crippen LogP contribution in [0.25, 0.3) is 0 Å². The van der Waals surface area contributed by atoms with Gasteiger partial charge >= 0.3 is 0 Å². The lowest BCUT2D eigenvalue weighted by Crippen LogP contribution is -2.52. The number of amides is 2. The van der Waals surface area contributed by atoms with Crippen LogP contribution >= 0.6 is 0 Å². The van der Waals surface area contributed by atoms with Gasteiger partial charge in [-0.25, -0.2) is 4.98 Å². The van der Waals surface area contributed by atoms with Crippen LogP contribution in [0.4, 0.5) is 0 Å². The van der Waals surface area contributed by atoms with Crippen LogP contribution in [0.3, 0.4) is 0 Å². The number of nitrogens with zero attached hydrogens (tertiary/aromatic N) is 3. The molecular formula is C14H20N4O2. The van der Waals surface area contributed by atoms with Gasteiger partial charge in [-0.15, -0.1) is 0 Å². The topological polar surface area (TPSA) is 69.3 Å². The number of H-pyrrole nitrogens is 1. The van der Waals surface area contributed by atoms with Crippen molar-refractivity contribution >= 4 is 11.8 Å². The van der Waals surface area contributed by atoms with Crippen LogP contribution in [0.1, 0.15) is 24.7 Å². The molecule has 0 saturated carbocycles. The molecule has 6 nitrogen and oxygen atoms in total. The summed E-state index contributed by atoms with van der Waals surface area (Å²) in [7, 11) is 0. The van der Waals surface area contributed by atoms with Gasteiger partial charge in [-0.05, 0) is 12.8 Å². The Kier molecular flexibility index (Phi) is 3.46. The minimum absolute atomic E-state index is 0.0619.